The molecule has 1 aromatic carbocycles. The summed E-state index contributed by atoms with van der Waals surface area (Å²) in [5, 5.41) is 9.03. The first-order chi connectivity index (χ1) is 9.47. The summed E-state index contributed by atoms with van der Waals surface area (Å²) in [6, 6.07) is 4.09. The Kier molecular flexibility index (Phi) is 3.17. The molecule has 108 valence electrons. The van der Waals surface area contributed by atoms with Crippen LogP contribution in [-0.2, 0) is 0 Å². The molecule has 0 aromatic heterocycles. The molecule has 20 heavy (non-hydrogen) atoms. The fourth-order valence-electron chi connectivity index (χ4n) is 3.52. The highest BCUT2D eigenvalue weighted by Gasteiger charge is 2.37. The minimum atomic E-state index is -1.20. The van der Waals surface area contributed by atoms with Crippen LogP contribution in [0.25, 0.3) is 0 Å². The van der Waals surface area contributed by atoms with Gasteiger partial charge in [0.25, 0.3) is 0 Å². The number of aromatic carboxylic acids is 1. The summed E-state index contributed by atoms with van der Waals surface area (Å²) >= 11 is 0. The highest BCUT2D eigenvalue weighted by molar-refractivity contribution is 5.90. The van der Waals surface area contributed by atoms with E-state index in [2.05, 4.69) is 16.8 Å². The number of carboxylic acid groups (broad SMARTS) is 1. The van der Waals surface area contributed by atoms with E-state index in [1.165, 1.54) is 12.5 Å². The van der Waals surface area contributed by atoms with Gasteiger partial charge in [-0.2, -0.15) is 0 Å². The highest BCUT2D eigenvalue weighted by atomic mass is 19.1. The van der Waals surface area contributed by atoms with Crippen LogP contribution in [0, 0.1) is 12.7 Å². The lowest BCUT2D eigenvalue weighted by Crippen LogP contribution is -2.61. The first-order valence-corrected chi connectivity index (χ1v) is 6.97. The molecule has 4 rings (SSSR count). The lowest BCUT2D eigenvalue weighted by molar-refractivity contribution is 0.0691. The number of fused-ring (bicyclic) bond motifs is 3. The topological polar surface area (TPSA) is 43.8 Å². The van der Waals surface area contributed by atoms with E-state index in [0.717, 1.165) is 25.2 Å². The average Bonchev–Trinajstić information content (AvgIpc) is 2.37. The van der Waals surface area contributed by atoms with E-state index < -0.39 is 11.8 Å². The molecule has 0 radical (unpaired) electrons. The van der Waals surface area contributed by atoms with Crippen LogP contribution in [0.5, 0.6) is 0 Å². The summed E-state index contributed by atoms with van der Waals surface area (Å²) in [5.74, 6) is -1.84. The molecule has 3 aliphatic heterocycles. The molecular formula is C15H19FN2O2. The third-order valence-corrected chi connectivity index (χ3v) is 4.62. The van der Waals surface area contributed by atoms with Crippen molar-refractivity contribution in [3.63, 3.8) is 0 Å². The lowest BCUT2D eigenvalue weighted by Gasteiger charge is -2.51. The average molecular weight is 278 g/mol. The summed E-state index contributed by atoms with van der Waals surface area (Å²) in [6.45, 7) is 3.54. The molecule has 1 aromatic rings. The second-order valence-corrected chi connectivity index (χ2v) is 5.90. The van der Waals surface area contributed by atoms with E-state index in [1.807, 2.05) is 0 Å². The fourth-order valence-corrected chi connectivity index (χ4v) is 3.52. The van der Waals surface area contributed by atoms with E-state index in [9.17, 15) is 9.18 Å². The molecule has 3 heterocycles. The Bertz CT molecular complexity index is 538. The Balaban J connectivity index is 1.94. The van der Waals surface area contributed by atoms with Crippen molar-refractivity contribution in [3.8, 4) is 0 Å². The van der Waals surface area contributed by atoms with Gasteiger partial charge in [-0.05, 0) is 44.5 Å². The van der Waals surface area contributed by atoms with Gasteiger partial charge in [0, 0.05) is 30.9 Å². The highest BCUT2D eigenvalue weighted by Crippen LogP contribution is 2.33. The SMILES string of the molecule is Cc1cc(N2CC3CCC2CN3C)cc(F)c1C(=O)O. The maximum Gasteiger partial charge on any atom is 0.338 e. The Morgan fingerprint density at radius 2 is 2.00 bits per heavy atom. The van der Waals surface area contributed by atoms with Gasteiger partial charge >= 0.3 is 5.97 Å². The summed E-state index contributed by atoms with van der Waals surface area (Å²) < 4.78 is 14.0. The molecule has 2 atom stereocenters. The van der Waals surface area contributed by atoms with Gasteiger partial charge in [-0.25, -0.2) is 9.18 Å². The van der Waals surface area contributed by atoms with Gasteiger partial charge in [0.1, 0.15) is 5.82 Å². The van der Waals surface area contributed by atoms with Crippen molar-refractivity contribution in [3.05, 3.63) is 29.1 Å². The molecule has 2 bridgehead atoms. The zero-order chi connectivity index (χ0) is 14.4. The smallest absolute Gasteiger partial charge is 0.338 e. The number of anilines is 1. The van der Waals surface area contributed by atoms with Gasteiger partial charge in [-0.1, -0.05) is 0 Å². The first kappa shape index (κ1) is 13.4. The van der Waals surface area contributed by atoms with Crippen LogP contribution in [0.1, 0.15) is 28.8 Å². The van der Waals surface area contributed by atoms with Crippen LogP contribution < -0.4 is 4.90 Å². The minimum Gasteiger partial charge on any atom is -0.478 e. The molecule has 0 spiro atoms. The number of carboxylic acids is 1. The number of piperazine rings is 1. The number of hydrogen-bond acceptors (Lipinski definition) is 3. The fraction of sp³-hybridized carbons (Fsp3) is 0.533. The largest absolute Gasteiger partial charge is 0.478 e. The Morgan fingerprint density at radius 3 is 2.50 bits per heavy atom. The van der Waals surface area contributed by atoms with Crippen molar-refractivity contribution in [1.82, 2.24) is 4.90 Å². The Labute approximate surface area is 117 Å². The third kappa shape index (κ3) is 2.06. The van der Waals surface area contributed by atoms with E-state index in [0.29, 0.717) is 17.6 Å². The van der Waals surface area contributed by atoms with Crippen LogP contribution in [0.2, 0.25) is 0 Å². The monoisotopic (exact) mass is 278 g/mol. The zero-order valence-electron chi connectivity index (χ0n) is 11.8. The second kappa shape index (κ2) is 4.74. The van der Waals surface area contributed by atoms with Gasteiger partial charge in [-0.15, -0.1) is 0 Å². The van der Waals surface area contributed by atoms with Crippen molar-refractivity contribution >= 4 is 11.7 Å². The number of halogens is 1. The number of rotatable bonds is 2. The Morgan fingerprint density at radius 1 is 1.30 bits per heavy atom. The number of benzene rings is 1. The number of nitrogens with zero attached hydrogens (tertiary/aromatic N) is 2. The van der Waals surface area contributed by atoms with Gasteiger partial charge in [0.15, 0.2) is 0 Å². The summed E-state index contributed by atoms with van der Waals surface area (Å²) in [7, 11) is 2.13. The quantitative estimate of drug-likeness (QED) is 0.900. The molecular weight excluding hydrogens is 259 g/mol. The maximum atomic E-state index is 14.0. The van der Waals surface area contributed by atoms with Gasteiger partial charge < -0.3 is 10.0 Å². The minimum absolute atomic E-state index is 0.215. The number of carbonyl (C=O) groups is 1. The predicted molar refractivity (Wildman–Crippen MR) is 74.9 cm³/mol. The molecule has 3 aliphatic rings. The predicted octanol–water partition coefficient (Wildman–Crippen LogP) is 2.12. The van der Waals surface area contributed by atoms with Crippen molar-refractivity contribution in [2.45, 2.75) is 31.8 Å². The molecule has 0 saturated carbocycles. The first-order valence-electron chi connectivity index (χ1n) is 6.97. The Hall–Kier alpha value is -1.62. The lowest BCUT2D eigenvalue weighted by atomic mass is 9.90. The molecule has 4 nitrogen and oxygen atoms in total. The molecule has 3 saturated heterocycles. The number of likely N-dealkylation sites (N-methyl/N-ethyl adjacent to an activating group) is 1. The van der Waals surface area contributed by atoms with Crippen molar-refractivity contribution < 1.29 is 14.3 Å². The van der Waals surface area contributed by atoms with Crippen LogP contribution in [0.15, 0.2) is 12.1 Å². The van der Waals surface area contributed by atoms with Crippen molar-refractivity contribution in [2.24, 2.45) is 0 Å². The molecule has 5 heteroatoms. The maximum absolute atomic E-state index is 14.0. The van der Waals surface area contributed by atoms with E-state index >= 15 is 0 Å². The van der Waals surface area contributed by atoms with Crippen molar-refractivity contribution in [1.29, 1.82) is 0 Å². The van der Waals surface area contributed by atoms with Crippen LogP contribution in [0.4, 0.5) is 10.1 Å². The third-order valence-electron chi connectivity index (χ3n) is 4.62. The molecule has 0 aliphatic carbocycles. The normalized spacial score (nSPS) is 26.1. The summed E-state index contributed by atoms with van der Waals surface area (Å²) in [6.07, 6.45) is 2.31. The molecule has 2 unspecified atom stereocenters. The van der Waals surface area contributed by atoms with E-state index in [-0.39, 0.29) is 5.56 Å². The van der Waals surface area contributed by atoms with Gasteiger partial charge in [-0.3, -0.25) is 4.90 Å². The van der Waals surface area contributed by atoms with Gasteiger partial charge in [0.2, 0.25) is 0 Å². The molecule has 1 N–H and O–H groups in total. The van der Waals surface area contributed by atoms with Crippen LogP contribution >= 0.6 is 0 Å². The van der Waals surface area contributed by atoms with Gasteiger partial charge in [0.05, 0.1) is 5.56 Å². The zero-order valence-corrected chi connectivity index (χ0v) is 11.8. The van der Waals surface area contributed by atoms with Crippen molar-refractivity contribution in [2.75, 3.05) is 25.0 Å². The number of aryl methyl sites for hydroxylation is 1. The molecule has 0 amide bonds. The second-order valence-electron chi connectivity index (χ2n) is 5.90. The van der Waals surface area contributed by atoms with Crippen LogP contribution in [0.3, 0.4) is 0 Å². The van der Waals surface area contributed by atoms with E-state index in [1.54, 1.807) is 13.0 Å². The number of hydrogen-bond donors (Lipinski definition) is 1. The summed E-state index contributed by atoms with van der Waals surface area (Å²) in [5.41, 5.74) is 1.09. The van der Waals surface area contributed by atoms with E-state index in [4.69, 9.17) is 5.11 Å². The molecule has 3 fully saturated rings. The number of piperidine rings is 2. The standard InChI is InChI=1S/C15H19FN2O2/c1-9-5-12(6-13(16)14(9)15(19)20)18-8-10-3-4-11(18)7-17(10)2/h5-6,10-11H,3-4,7-8H2,1-2H3,(H,19,20). The van der Waals surface area contributed by atoms with Crippen LogP contribution in [-0.4, -0.2) is 48.2 Å². The summed E-state index contributed by atoms with van der Waals surface area (Å²) in [4.78, 5) is 15.6.